The van der Waals surface area contributed by atoms with Gasteiger partial charge in [0.25, 0.3) is 11.6 Å². The van der Waals surface area contributed by atoms with Crippen molar-refractivity contribution in [3.8, 4) is 23.0 Å². The van der Waals surface area contributed by atoms with Crippen LogP contribution in [0.15, 0.2) is 57.6 Å². The van der Waals surface area contributed by atoms with Gasteiger partial charge >= 0.3 is 0 Å². The van der Waals surface area contributed by atoms with Gasteiger partial charge < -0.3 is 8.94 Å². The summed E-state index contributed by atoms with van der Waals surface area (Å²) in [5.41, 5.74) is 3.78. The Morgan fingerprint density at radius 1 is 0.963 bits per heavy atom. The molecule has 1 aliphatic rings. The number of para-hydroxylation sites is 1. The van der Waals surface area contributed by atoms with E-state index < -0.39 is 0 Å². The summed E-state index contributed by atoms with van der Waals surface area (Å²) in [5.74, 6) is 1.25. The number of nitrogens with zero attached hydrogens (tertiary/aromatic N) is 5. The first-order chi connectivity index (χ1) is 13.3. The van der Waals surface area contributed by atoms with Crippen molar-refractivity contribution in [2.24, 2.45) is 0 Å². The highest BCUT2D eigenvalue weighted by atomic mass is 16.5. The molecule has 7 nitrogen and oxygen atoms in total. The number of hydrogen-bond acceptors (Lipinski definition) is 7. The molecule has 0 unspecified atom stereocenters. The van der Waals surface area contributed by atoms with Crippen LogP contribution < -0.4 is 0 Å². The van der Waals surface area contributed by atoms with Crippen LogP contribution in [0.5, 0.6) is 0 Å². The van der Waals surface area contributed by atoms with Crippen LogP contribution in [0, 0.1) is 0 Å². The molecule has 4 heterocycles. The molecule has 0 amide bonds. The summed E-state index contributed by atoms with van der Waals surface area (Å²) in [6, 6.07) is 13.7. The van der Waals surface area contributed by atoms with E-state index in [9.17, 15) is 0 Å². The second-order valence-electron chi connectivity index (χ2n) is 6.72. The maximum atomic E-state index is 5.87. The van der Waals surface area contributed by atoms with E-state index in [-0.39, 0.29) is 0 Å². The van der Waals surface area contributed by atoms with Crippen LogP contribution >= 0.6 is 0 Å². The van der Waals surface area contributed by atoms with Gasteiger partial charge in [-0.1, -0.05) is 29.4 Å². The van der Waals surface area contributed by atoms with E-state index in [1.165, 1.54) is 0 Å². The van der Waals surface area contributed by atoms with E-state index in [0.29, 0.717) is 29.1 Å². The SMILES string of the molecule is c1ccc2nc(-c3nnc(-c4cnc5onc(C6CC6)c5c4)o3)ccc2c1. The second-order valence-corrected chi connectivity index (χ2v) is 6.72. The summed E-state index contributed by atoms with van der Waals surface area (Å²) in [5, 5.41) is 14.5. The molecule has 27 heavy (non-hydrogen) atoms. The zero-order valence-electron chi connectivity index (χ0n) is 14.2. The van der Waals surface area contributed by atoms with Gasteiger partial charge in [0.1, 0.15) is 5.69 Å². The molecule has 4 aromatic heterocycles. The molecule has 1 aromatic carbocycles. The average molecular weight is 355 g/mol. The third-order valence-corrected chi connectivity index (χ3v) is 4.81. The van der Waals surface area contributed by atoms with Crippen LogP contribution in [0.3, 0.4) is 0 Å². The van der Waals surface area contributed by atoms with Gasteiger partial charge in [-0.15, -0.1) is 10.2 Å². The van der Waals surface area contributed by atoms with Crippen molar-refractivity contribution in [3.63, 3.8) is 0 Å². The quantitative estimate of drug-likeness (QED) is 0.475. The van der Waals surface area contributed by atoms with Gasteiger partial charge in [0, 0.05) is 17.5 Å². The lowest BCUT2D eigenvalue weighted by atomic mass is 10.1. The van der Waals surface area contributed by atoms with E-state index in [2.05, 4.69) is 25.3 Å². The fraction of sp³-hybridized carbons (Fsp3) is 0.150. The molecule has 0 saturated heterocycles. The Bertz CT molecular complexity index is 1300. The van der Waals surface area contributed by atoms with Crippen molar-refractivity contribution >= 4 is 22.0 Å². The minimum Gasteiger partial charge on any atom is -0.415 e. The lowest BCUT2D eigenvalue weighted by Gasteiger charge is -1.98. The van der Waals surface area contributed by atoms with Gasteiger partial charge in [0.05, 0.1) is 22.2 Å². The third kappa shape index (κ3) is 2.39. The summed E-state index contributed by atoms with van der Waals surface area (Å²) in [4.78, 5) is 8.94. The molecule has 1 aliphatic carbocycles. The first-order valence-electron chi connectivity index (χ1n) is 8.80. The fourth-order valence-electron chi connectivity index (χ4n) is 3.25. The van der Waals surface area contributed by atoms with Crippen LogP contribution in [0.1, 0.15) is 24.5 Å². The molecule has 0 radical (unpaired) electrons. The largest absolute Gasteiger partial charge is 0.415 e. The monoisotopic (exact) mass is 355 g/mol. The smallest absolute Gasteiger partial charge is 0.266 e. The zero-order chi connectivity index (χ0) is 17.8. The summed E-state index contributed by atoms with van der Waals surface area (Å²) in [6.07, 6.45) is 3.95. The van der Waals surface area contributed by atoms with Gasteiger partial charge in [0.15, 0.2) is 0 Å². The van der Waals surface area contributed by atoms with Crippen LogP contribution in [0.4, 0.5) is 0 Å². The van der Waals surface area contributed by atoms with Gasteiger partial charge in [-0.2, -0.15) is 0 Å². The zero-order valence-corrected chi connectivity index (χ0v) is 14.2. The van der Waals surface area contributed by atoms with Crippen LogP contribution in [-0.4, -0.2) is 25.3 Å². The van der Waals surface area contributed by atoms with Gasteiger partial charge in [-0.3, -0.25) is 0 Å². The normalized spacial score (nSPS) is 14.2. The predicted molar refractivity (Wildman–Crippen MR) is 97.8 cm³/mol. The summed E-state index contributed by atoms with van der Waals surface area (Å²) in [7, 11) is 0. The van der Waals surface area contributed by atoms with Crippen molar-refractivity contribution in [1.82, 2.24) is 25.3 Å². The molecule has 1 fully saturated rings. The Morgan fingerprint density at radius 2 is 1.85 bits per heavy atom. The van der Waals surface area contributed by atoms with Crippen molar-refractivity contribution in [2.45, 2.75) is 18.8 Å². The number of hydrogen-bond donors (Lipinski definition) is 0. The van der Waals surface area contributed by atoms with Crippen molar-refractivity contribution < 1.29 is 8.94 Å². The highest BCUT2D eigenvalue weighted by Gasteiger charge is 2.29. The Kier molecular flexibility index (Phi) is 2.93. The van der Waals surface area contributed by atoms with E-state index in [1.54, 1.807) is 6.20 Å². The van der Waals surface area contributed by atoms with Crippen molar-refractivity contribution in [2.75, 3.05) is 0 Å². The topological polar surface area (TPSA) is 90.7 Å². The molecule has 7 heteroatoms. The summed E-state index contributed by atoms with van der Waals surface area (Å²) in [6.45, 7) is 0. The molecule has 0 atom stereocenters. The number of pyridine rings is 2. The van der Waals surface area contributed by atoms with Gasteiger partial charge in [-0.05, 0) is 31.0 Å². The van der Waals surface area contributed by atoms with Gasteiger partial charge in [0.2, 0.25) is 5.89 Å². The van der Waals surface area contributed by atoms with Crippen LogP contribution in [0.25, 0.3) is 45.0 Å². The number of benzene rings is 1. The minimum atomic E-state index is 0.378. The molecule has 5 aromatic rings. The fourth-order valence-corrected chi connectivity index (χ4v) is 3.25. The molecular weight excluding hydrogens is 342 g/mol. The number of aromatic nitrogens is 5. The maximum Gasteiger partial charge on any atom is 0.266 e. The standard InChI is InChI=1S/C20H13N5O2/c1-2-4-15-11(3-1)7-8-16(22-15)20-24-23-18(26-20)13-9-14-17(12-5-6-12)25-27-19(14)21-10-13/h1-4,7-10,12H,5-6H2. The van der Waals surface area contributed by atoms with E-state index in [4.69, 9.17) is 8.94 Å². The van der Waals surface area contributed by atoms with E-state index in [1.807, 2.05) is 42.5 Å². The second kappa shape index (κ2) is 5.44. The minimum absolute atomic E-state index is 0.378. The third-order valence-electron chi connectivity index (χ3n) is 4.81. The molecule has 1 saturated carbocycles. The highest BCUT2D eigenvalue weighted by molar-refractivity contribution is 5.82. The molecule has 0 aliphatic heterocycles. The van der Waals surface area contributed by atoms with Crippen molar-refractivity contribution in [1.29, 1.82) is 0 Å². The van der Waals surface area contributed by atoms with Gasteiger partial charge in [-0.25, -0.2) is 9.97 Å². The Balaban J connectivity index is 1.41. The van der Waals surface area contributed by atoms with Crippen molar-refractivity contribution in [3.05, 3.63) is 54.4 Å². The Hall–Kier alpha value is -3.61. The number of rotatable bonds is 3. The molecular formula is C20H13N5O2. The first-order valence-corrected chi connectivity index (χ1v) is 8.80. The average Bonchev–Trinajstić information content (AvgIpc) is 3.28. The van der Waals surface area contributed by atoms with Crippen LogP contribution in [0.2, 0.25) is 0 Å². The number of fused-ring (bicyclic) bond motifs is 2. The van der Waals surface area contributed by atoms with E-state index >= 15 is 0 Å². The molecule has 6 rings (SSSR count). The van der Waals surface area contributed by atoms with Crippen LogP contribution in [-0.2, 0) is 0 Å². The molecule has 0 bridgehead atoms. The lowest BCUT2D eigenvalue weighted by Crippen LogP contribution is -1.84. The Morgan fingerprint density at radius 3 is 2.78 bits per heavy atom. The maximum absolute atomic E-state index is 5.87. The molecule has 0 N–H and O–H groups in total. The predicted octanol–water partition coefficient (Wildman–Crippen LogP) is 4.37. The summed E-state index contributed by atoms with van der Waals surface area (Å²) >= 11 is 0. The highest BCUT2D eigenvalue weighted by Crippen LogP contribution is 2.42. The molecule has 130 valence electrons. The first kappa shape index (κ1) is 14.5. The summed E-state index contributed by atoms with van der Waals surface area (Å²) < 4.78 is 11.2. The lowest BCUT2D eigenvalue weighted by molar-refractivity contribution is 0.439. The molecule has 0 spiro atoms. The van der Waals surface area contributed by atoms with E-state index in [0.717, 1.165) is 40.4 Å². The Labute approximate surface area is 153 Å².